The predicted molar refractivity (Wildman–Crippen MR) is 61.4 cm³/mol. The Hall–Kier alpha value is -1.57. The van der Waals surface area contributed by atoms with Crippen molar-refractivity contribution in [1.82, 2.24) is 5.32 Å². The van der Waals surface area contributed by atoms with E-state index >= 15 is 0 Å². The SMILES string of the molecule is C=Cc1ccc(CC2CCNC2=O)cc1. The molecule has 0 saturated carbocycles. The molecular weight excluding hydrogens is 186 g/mol. The highest BCUT2D eigenvalue weighted by molar-refractivity contribution is 5.80. The molecule has 1 unspecified atom stereocenters. The van der Waals surface area contributed by atoms with Gasteiger partial charge in [-0.3, -0.25) is 4.79 Å². The summed E-state index contributed by atoms with van der Waals surface area (Å²) in [5.74, 6) is 0.363. The third kappa shape index (κ3) is 2.27. The molecule has 2 heteroatoms. The van der Waals surface area contributed by atoms with E-state index in [1.54, 1.807) is 0 Å². The molecule has 0 spiro atoms. The van der Waals surface area contributed by atoms with Gasteiger partial charge in [-0.2, -0.15) is 0 Å². The fourth-order valence-corrected chi connectivity index (χ4v) is 1.91. The van der Waals surface area contributed by atoms with Crippen molar-refractivity contribution < 1.29 is 4.79 Å². The molecule has 1 amide bonds. The lowest BCUT2D eigenvalue weighted by atomic mass is 9.97. The lowest BCUT2D eigenvalue weighted by molar-refractivity contribution is -0.122. The van der Waals surface area contributed by atoms with E-state index in [1.807, 2.05) is 18.2 Å². The average Bonchev–Trinajstić information content (AvgIpc) is 2.66. The van der Waals surface area contributed by atoms with Crippen molar-refractivity contribution in [3.63, 3.8) is 0 Å². The number of hydrogen-bond acceptors (Lipinski definition) is 1. The highest BCUT2D eigenvalue weighted by atomic mass is 16.2. The van der Waals surface area contributed by atoms with Gasteiger partial charge in [0.2, 0.25) is 5.91 Å². The van der Waals surface area contributed by atoms with E-state index in [1.165, 1.54) is 5.56 Å². The Morgan fingerprint density at radius 3 is 2.67 bits per heavy atom. The Kier molecular flexibility index (Phi) is 2.86. The Balaban J connectivity index is 2.04. The monoisotopic (exact) mass is 201 g/mol. The lowest BCUT2D eigenvalue weighted by Crippen LogP contribution is -2.20. The summed E-state index contributed by atoms with van der Waals surface area (Å²) in [4.78, 5) is 11.4. The minimum absolute atomic E-state index is 0.166. The summed E-state index contributed by atoms with van der Waals surface area (Å²) < 4.78 is 0. The number of carbonyl (C=O) groups is 1. The number of rotatable bonds is 3. The molecule has 0 aliphatic carbocycles. The van der Waals surface area contributed by atoms with Crippen LogP contribution in [0.4, 0.5) is 0 Å². The van der Waals surface area contributed by atoms with Gasteiger partial charge in [0.1, 0.15) is 0 Å². The fourth-order valence-electron chi connectivity index (χ4n) is 1.91. The molecule has 1 aromatic rings. The third-order valence-corrected chi connectivity index (χ3v) is 2.86. The molecule has 0 bridgehead atoms. The zero-order valence-electron chi connectivity index (χ0n) is 8.70. The van der Waals surface area contributed by atoms with E-state index in [2.05, 4.69) is 24.0 Å². The first kappa shape index (κ1) is 9.97. The topological polar surface area (TPSA) is 29.1 Å². The minimum Gasteiger partial charge on any atom is -0.356 e. The molecule has 78 valence electrons. The van der Waals surface area contributed by atoms with Gasteiger partial charge in [0, 0.05) is 12.5 Å². The van der Waals surface area contributed by atoms with E-state index < -0.39 is 0 Å². The van der Waals surface area contributed by atoms with Crippen LogP contribution in [-0.2, 0) is 11.2 Å². The van der Waals surface area contributed by atoms with Crippen LogP contribution in [0, 0.1) is 5.92 Å². The zero-order chi connectivity index (χ0) is 10.7. The van der Waals surface area contributed by atoms with Gasteiger partial charge in [-0.25, -0.2) is 0 Å². The Labute approximate surface area is 90.0 Å². The molecule has 1 fully saturated rings. The first-order valence-electron chi connectivity index (χ1n) is 5.28. The molecule has 2 nitrogen and oxygen atoms in total. The summed E-state index contributed by atoms with van der Waals surface area (Å²) in [7, 11) is 0. The second kappa shape index (κ2) is 4.30. The van der Waals surface area contributed by atoms with E-state index in [4.69, 9.17) is 0 Å². The number of benzene rings is 1. The van der Waals surface area contributed by atoms with Crippen molar-refractivity contribution in [2.24, 2.45) is 5.92 Å². The van der Waals surface area contributed by atoms with Crippen LogP contribution in [0.5, 0.6) is 0 Å². The summed E-state index contributed by atoms with van der Waals surface area (Å²) >= 11 is 0. The van der Waals surface area contributed by atoms with Gasteiger partial charge in [-0.1, -0.05) is 36.9 Å². The quantitative estimate of drug-likeness (QED) is 0.796. The standard InChI is InChI=1S/C13H15NO/c1-2-10-3-5-11(6-4-10)9-12-7-8-14-13(12)15/h2-6,12H,1,7-9H2,(H,14,15). The minimum atomic E-state index is 0.166. The van der Waals surface area contributed by atoms with Crippen molar-refractivity contribution in [2.45, 2.75) is 12.8 Å². The van der Waals surface area contributed by atoms with Crippen LogP contribution in [0.2, 0.25) is 0 Å². The molecule has 0 radical (unpaired) electrons. The van der Waals surface area contributed by atoms with Crippen LogP contribution in [0.1, 0.15) is 17.5 Å². The van der Waals surface area contributed by atoms with Crippen LogP contribution in [-0.4, -0.2) is 12.5 Å². The number of amides is 1. The molecular formula is C13H15NO. The third-order valence-electron chi connectivity index (χ3n) is 2.86. The second-order valence-corrected chi connectivity index (χ2v) is 3.93. The molecule has 1 saturated heterocycles. The molecule has 1 aliphatic heterocycles. The maximum absolute atomic E-state index is 11.4. The van der Waals surface area contributed by atoms with Crippen molar-refractivity contribution >= 4 is 12.0 Å². The Morgan fingerprint density at radius 1 is 1.40 bits per heavy atom. The fraction of sp³-hybridized carbons (Fsp3) is 0.308. The highest BCUT2D eigenvalue weighted by Gasteiger charge is 2.23. The smallest absolute Gasteiger partial charge is 0.223 e. The normalized spacial score (nSPS) is 20.0. The van der Waals surface area contributed by atoms with Gasteiger partial charge in [-0.05, 0) is 24.0 Å². The predicted octanol–water partition coefficient (Wildman–Crippen LogP) is 2.01. The van der Waals surface area contributed by atoms with Gasteiger partial charge in [-0.15, -0.1) is 0 Å². The van der Waals surface area contributed by atoms with Gasteiger partial charge < -0.3 is 5.32 Å². The largest absolute Gasteiger partial charge is 0.356 e. The van der Waals surface area contributed by atoms with Crippen LogP contribution in [0.25, 0.3) is 6.08 Å². The summed E-state index contributed by atoms with van der Waals surface area (Å²) in [5.41, 5.74) is 2.34. The number of hydrogen-bond donors (Lipinski definition) is 1. The molecule has 1 aliphatic rings. The van der Waals surface area contributed by atoms with Crippen LogP contribution >= 0.6 is 0 Å². The van der Waals surface area contributed by atoms with Crippen molar-refractivity contribution in [3.05, 3.63) is 42.0 Å². The van der Waals surface area contributed by atoms with E-state index in [9.17, 15) is 4.79 Å². The number of carbonyl (C=O) groups excluding carboxylic acids is 1. The summed E-state index contributed by atoms with van der Waals surface area (Å²) in [6.45, 7) is 4.54. The van der Waals surface area contributed by atoms with Crippen LogP contribution in [0.3, 0.4) is 0 Å². The molecule has 1 N–H and O–H groups in total. The van der Waals surface area contributed by atoms with Crippen molar-refractivity contribution in [2.75, 3.05) is 6.54 Å². The van der Waals surface area contributed by atoms with Crippen molar-refractivity contribution in [3.8, 4) is 0 Å². The first-order chi connectivity index (χ1) is 7.29. The maximum Gasteiger partial charge on any atom is 0.223 e. The number of nitrogens with one attached hydrogen (secondary N) is 1. The molecule has 15 heavy (non-hydrogen) atoms. The first-order valence-corrected chi connectivity index (χ1v) is 5.28. The van der Waals surface area contributed by atoms with Gasteiger partial charge in [0.05, 0.1) is 0 Å². The summed E-state index contributed by atoms with van der Waals surface area (Å²) in [6, 6.07) is 8.22. The Morgan fingerprint density at radius 2 is 2.13 bits per heavy atom. The average molecular weight is 201 g/mol. The molecule has 1 aromatic carbocycles. The van der Waals surface area contributed by atoms with E-state index in [-0.39, 0.29) is 11.8 Å². The summed E-state index contributed by atoms with van der Waals surface area (Å²) in [5, 5.41) is 2.86. The molecule has 1 heterocycles. The van der Waals surface area contributed by atoms with Gasteiger partial charge in [0.15, 0.2) is 0 Å². The van der Waals surface area contributed by atoms with Gasteiger partial charge >= 0.3 is 0 Å². The lowest BCUT2D eigenvalue weighted by Gasteiger charge is -2.06. The zero-order valence-corrected chi connectivity index (χ0v) is 8.70. The second-order valence-electron chi connectivity index (χ2n) is 3.93. The molecule has 1 atom stereocenters. The van der Waals surface area contributed by atoms with Gasteiger partial charge in [0.25, 0.3) is 0 Å². The molecule has 2 rings (SSSR count). The molecule has 0 aromatic heterocycles. The van der Waals surface area contributed by atoms with Crippen molar-refractivity contribution in [1.29, 1.82) is 0 Å². The van der Waals surface area contributed by atoms with Crippen LogP contribution < -0.4 is 5.32 Å². The van der Waals surface area contributed by atoms with E-state index in [0.717, 1.165) is 24.9 Å². The van der Waals surface area contributed by atoms with E-state index in [0.29, 0.717) is 0 Å². The maximum atomic E-state index is 11.4. The van der Waals surface area contributed by atoms with Crippen LogP contribution in [0.15, 0.2) is 30.8 Å². The Bertz CT molecular complexity index is 367. The summed E-state index contributed by atoms with van der Waals surface area (Å²) in [6.07, 6.45) is 3.64. The highest BCUT2D eigenvalue weighted by Crippen LogP contribution is 2.16.